The fourth-order valence-electron chi connectivity index (χ4n) is 2.08. The monoisotopic (exact) mass is 179 g/mol. The highest BCUT2D eigenvalue weighted by atomic mass is 16.3. The van der Waals surface area contributed by atoms with Crippen molar-refractivity contribution in [2.24, 2.45) is 5.41 Å². The van der Waals surface area contributed by atoms with Gasteiger partial charge in [0.1, 0.15) is 5.76 Å². The number of furan rings is 1. The normalized spacial score (nSPS) is 21.4. The third kappa shape index (κ3) is 2.13. The van der Waals surface area contributed by atoms with Gasteiger partial charge in [0.2, 0.25) is 0 Å². The second-order valence-electron chi connectivity index (χ2n) is 4.73. The van der Waals surface area contributed by atoms with Crippen LogP contribution in [-0.2, 0) is 6.54 Å². The molecule has 1 saturated carbocycles. The van der Waals surface area contributed by atoms with Crippen LogP contribution in [0.4, 0.5) is 0 Å². The van der Waals surface area contributed by atoms with Crippen LogP contribution in [0, 0.1) is 5.41 Å². The van der Waals surface area contributed by atoms with Crippen LogP contribution < -0.4 is 5.32 Å². The molecule has 0 unspecified atom stereocenters. The van der Waals surface area contributed by atoms with E-state index in [4.69, 9.17) is 4.42 Å². The maximum atomic E-state index is 5.24. The molecule has 2 nitrogen and oxygen atoms in total. The molecule has 0 saturated heterocycles. The molecule has 1 aromatic heterocycles. The van der Waals surface area contributed by atoms with Gasteiger partial charge in [0.05, 0.1) is 12.8 Å². The van der Waals surface area contributed by atoms with Crippen LogP contribution in [0.3, 0.4) is 0 Å². The van der Waals surface area contributed by atoms with Crippen molar-refractivity contribution in [2.75, 3.05) is 0 Å². The first-order valence-electron chi connectivity index (χ1n) is 4.91. The highest BCUT2D eigenvalue weighted by molar-refractivity contribution is 4.99. The van der Waals surface area contributed by atoms with Gasteiger partial charge in [0.25, 0.3) is 0 Å². The van der Waals surface area contributed by atoms with E-state index in [1.54, 1.807) is 6.26 Å². The first kappa shape index (κ1) is 8.82. The summed E-state index contributed by atoms with van der Waals surface area (Å²) < 4.78 is 5.24. The molecule has 2 rings (SSSR count). The molecule has 1 fully saturated rings. The molecule has 0 bridgehead atoms. The average molecular weight is 179 g/mol. The molecule has 13 heavy (non-hydrogen) atoms. The van der Waals surface area contributed by atoms with E-state index in [0.29, 0.717) is 11.5 Å². The van der Waals surface area contributed by atoms with E-state index in [1.807, 2.05) is 12.1 Å². The molecule has 1 aliphatic carbocycles. The Labute approximate surface area is 79.3 Å². The summed E-state index contributed by atoms with van der Waals surface area (Å²) in [5, 5.41) is 3.48. The van der Waals surface area contributed by atoms with Gasteiger partial charge in [-0.2, -0.15) is 0 Å². The maximum absolute atomic E-state index is 5.24. The van der Waals surface area contributed by atoms with Crippen molar-refractivity contribution in [3.8, 4) is 0 Å². The Morgan fingerprint density at radius 2 is 2.31 bits per heavy atom. The summed E-state index contributed by atoms with van der Waals surface area (Å²) in [5.74, 6) is 1.03. The molecular formula is C11H17NO. The van der Waals surface area contributed by atoms with Crippen molar-refractivity contribution in [3.63, 3.8) is 0 Å². The summed E-state index contributed by atoms with van der Waals surface area (Å²) in [6.45, 7) is 5.50. The predicted octanol–water partition coefficient (Wildman–Crippen LogP) is 2.56. The summed E-state index contributed by atoms with van der Waals surface area (Å²) in [5.41, 5.74) is 0.556. The lowest BCUT2D eigenvalue weighted by atomic mass is 9.68. The van der Waals surface area contributed by atoms with E-state index in [2.05, 4.69) is 19.2 Å². The zero-order valence-electron chi connectivity index (χ0n) is 8.34. The van der Waals surface area contributed by atoms with Crippen molar-refractivity contribution in [2.45, 2.75) is 39.3 Å². The minimum absolute atomic E-state index is 0.556. The first-order chi connectivity index (χ1) is 6.16. The van der Waals surface area contributed by atoms with Crippen LogP contribution >= 0.6 is 0 Å². The number of nitrogens with one attached hydrogen (secondary N) is 1. The van der Waals surface area contributed by atoms with Gasteiger partial charge in [0.15, 0.2) is 0 Å². The summed E-state index contributed by atoms with van der Waals surface area (Å²) in [6, 6.07) is 4.64. The summed E-state index contributed by atoms with van der Waals surface area (Å²) in [4.78, 5) is 0. The quantitative estimate of drug-likeness (QED) is 0.771. The van der Waals surface area contributed by atoms with Crippen LogP contribution in [-0.4, -0.2) is 6.04 Å². The Kier molecular flexibility index (Phi) is 2.16. The van der Waals surface area contributed by atoms with Crippen molar-refractivity contribution in [3.05, 3.63) is 24.2 Å². The number of hydrogen-bond acceptors (Lipinski definition) is 2. The van der Waals surface area contributed by atoms with Crippen LogP contribution in [0.15, 0.2) is 22.8 Å². The highest BCUT2D eigenvalue weighted by Gasteiger charge is 2.35. The van der Waals surface area contributed by atoms with Gasteiger partial charge < -0.3 is 9.73 Å². The van der Waals surface area contributed by atoms with Gasteiger partial charge >= 0.3 is 0 Å². The lowest BCUT2D eigenvalue weighted by Gasteiger charge is -2.43. The van der Waals surface area contributed by atoms with Gasteiger partial charge in [0, 0.05) is 6.04 Å². The topological polar surface area (TPSA) is 25.2 Å². The molecule has 72 valence electrons. The van der Waals surface area contributed by atoms with Gasteiger partial charge in [-0.3, -0.25) is 0 Å². The molecule has 0 spiro atoms. The number of hydrogen-bond donors (Lipinski definition) is 1. The average Bonchev–Trinajstić information content (AvgIpc) is 2.48. The summed E-state index contributed by atoms with van der Waals surface area (Å²) >= 11 is 0. The molecule has 0 amide bonds. The molecule has 0 radical (unpaired) electrons. The van der Waals surface area contributed by atoms with Crippen LogP contribution in [0.25, 0.3) is 0 Å². The van der Waals surface area contributed by atoms with Gasteiger partial charge in [-0.25, -0.2) is 0 Å². The molecule has 0 aliphatic heterocycles. The van der Waals surface area contributed by atoms with E-state index < -0.39 is 0 Å². The summed E-state index contributed by atoms with van der Waals surface area (Å²) in [7, 11) is 0. The van der Waals surface area contributed by atoms with E-state index in [9.17, 15) is 0 Å². The highest BCUT2D eigenvalue weighted by Crippen LogP contribution is 2.39. The Hall–Kier alpha value is -0.760. The van der Waals surface area contributed by atoms with E-state index in [0.717, 1.165) is 12.3 Å². The first-order valence-corrected chi connectivity index (χ1v) is 4.91. The minimum atomic E-state index is 0.556. The zero-order chi connectivity index (χ0) is 9.31. The zero-order valence-corrected chi connectivity index (χ0v) is 8.34. The second-order valence-corrected chi connectivity index (χ2v) is 4.73. The summed E-state index contributed by atoms with van der Waals surface area (Å²) in [6.07, 6.45) is 4.29. The fraction of sp³-hybridized carbons (Fsp3) is 0.636. The van der Waals surface area contributed by atoms with Crippen LogP contribution in [0.5, 0.6) is 0 Å². The smallest absolute Gasteiger partial charge is 0.117 e. The van der Waals surface area contributed by atoms with E-state index in [1.165, 1.54) is 12.8 Å². The Balaban J connectivity index is 1.71. The minimum Gasteiger partial charge on any atom is -0.468 e. The Morgan fingerprint density at radius 1 is 1.54 bits per heavy atom. The SMILES string of the molecule is CC1(C)CC(NCc2ccco2)C1. The molecule has 1 N–H and O–H groups in total. The van der Waals surface area contributed by atoms with Gasteiger partial charge in [-0.1, -0.05) is 13.8 Å². The van der Waals surface area contributed by atoms with Crippen LogP contribution in [0.1, 0.15) is 32.4 Å². The van der Waals surface area contributed by atoms with Crippen molar-refractivity contribution in [1.82, 2.24) is 5.32 Å². The van der Waals surface area contributed by atoms with E-state index >= 15 is 0 Å². The molecule has 2 heteroatoms. The fourth-order valence-corrected chi connectivity index (χ4v) is 2.08. The Bertz CT molecular complexity index is 256. The molecular weight excluding hydrogens is 162 g/mol. The van der Waals surface area contributed by atoms with Crippen molar-refractivity contribution in [1.29, 1.82) is 0 Å². The largest absolute Gasteiger partial charge is 0.468 e. The molecule has 0 atom stereocenters. The lowest BCUT2D eigenvalue weighted by Crippen LogP contribution is -2.45. The number of rotatable bonds is 3. The van der Waals surface area contributed by atoms with Gasteiger partial charge in [-0.05, 0) is 30.4 Å². The van der Waals surface area contributed by atoms with Crippen LogP contribution in [0.2, 0.25) is 0 Å². The van der Waals surface area contributed by atoms with Crippen molar-refractivity contribution >= 4 is 0 Å². The lowest BCUT2D eigenvalue weighted by molar-refractivity contribution is 0.123. The third-order valence-electron chi connectivity index (χ3n) is 2.74. The predicted molar refractivity (Wildman–Crippen MR) is 52.4 cm³/mol. The van der Waals surface area contributed by atoms with E-state index in [-0.39, 0.29) is 0 Å². The third-order valence-corrected chi connectivity index (χ3v) is 2.74. The Morgan fingerprint density at radius 3 is 2.85 bits per heavy atom. The maximum Gasteiger partial charge on any atom is 0.117 e. The van der Waals surface area contributed by atoms with Crippen molar-refractivity contribution < 1.29 is 4.42 Å². The molecule has 1 aromatic rings. The van der Waals surface area contributed by atoms with Gasteiger partial charge in [-0.15, -0.1) is 0 Å². The second kappa shape index (κ2) is 3.18. The molecule has 1 heterocycles. The molecule has 1 aliphatic rings. The standard InChI is InChI=1S/C11H17NO/c1-11(2)6-9(7-11)12-8-10-4-3-5-13-10/h3-5,9,12H,6-8H2,1-2H3. The molecule has 0 aromatic carbocycles.